The van der Waals surface area contributed by atoms with Gasteiger partial charge in [0.05, 0.1) is 23.3 Å². The van der Waals surface area contributed by atoms with Gasteiger partial charge >= 0.3 is 6.03 Å². The summed E-state index contributed by atoms with van der Waals surface area (Å²) in [6.07, 6.45) is 2.66. The summed E-state index contributed by atoms with van der Waals surface area (Å²) >= 11 is 1.78. The fourth-order valence-corrected chi connectivity index (χ4v) is 4.23. The number of thiophene rings is 1. The molecule has 0 aliphatic carbocycles. The fourth-order valence-electron chi connectivity index (χ4n) is 3.34. The second kappa shape index (κ2) is 6.61. The van der Waals surface area contributed by atoms with Crippen molar-refractivity contribution >= 4 is 23.1 Å². The molecule has 1 aliphatic rings. The Morgan fingerprint density at radius 1 is 1.23 bits per heavy atom. The van der Waals surface area contributed by atoms with Crippen molar-refractivity contribution in [1.82, 2.24) is 14.7 Å². The molecule has 1 aliphatic heterocycles. The van der Waals surface area contributed by atoms with Crippen LogP contribution in [0.15, 0.2) is 35.8 Å². The summed E-state index contributed by atoms with van der Waals surface area (Å²) < 4.78 is 1.89. The van der Waals surface area contributed by atoms with Crippen LogP contribution in [0.1, 0.15) is 27.3 Å². The minimum absolute atomic E-state index is 0.0644. The van der Waals surface area contributed by atoms with E-state index in [-0.39, 0.29) is 6.03 Å². The molecule has 0 bridgehead atoms. The lowest BCUT2D eigenvalue weighted by Gasteiger charge is -2.27. The first-order valence-electron chi connectivity index (χ1n) is 8.76. The number of hydrogen-bond donors (Lipinski definition) is 1. The van der Waals surface area contributed by atoms with Crippen LogP contribution in [-0.2, 0) is 13.0 Å². The first-order chi connectivity index (χ1) is 12.5. The second-order valence-corrected chi connectivity index (χ2v) is 7.82. The molecule has 2 aromatic heterocycles. The number of amides is 2. The lowest BCUT2D eigenvalue weighted by Crippen LogP contribution is -2.38. The number of benzene rings is 1. The van der Waals surface area contributed by atoms with E-state index in [4.69, 9.17) is 0 Å². The van der Waals surface area contributed by atoms with E-state index in [1.54, 1.807) is 17.5 Å². The van der Waals surface area contributed by atoms with Gasteiger partial charge in [0.25, 0.3) is 0 Å². The zero-order chi connectivity index (χ0) is 18.3. The van der Waals surface area contributed by atoms with Crippen LogP contribution in [0.3, 0.4) is 0 Å². The Hall–Kier alpha value is -2.60. The molecule has 3 aromatic rings. The Labute approximate surface area is 157 Å². The highest BCUT2D eigenvalue weighted by molar-refractivity contribution is 7.10. The monoisotopic (exact) mass is 366 g/mol. The minimum Gasteiger partial charge on any atom is -0.320 e. The standard InChI is InChI=1S/C20H22N4OS/c1-13-4-5-14(2)18(10-13)24-15(3)17(11-21-24)22-20(25)23-8-6-19-16(12-23)7-9-26-19/h4-5,7,9-11H,6,8,12H2,1-3H3,(H,22,25). The Morgan fingerprint density at radius 2 is 2.08 bits per heavy atom. The average Bonchev–Trinajstić information content (AvgIpc) is 3.23. The predicted octanol–water partition coefficient (Wildman–Crippen LogP) is 4.45. The van der Waals surface area contributed by atoms with Gasteiger partial charge in [0, 0.05) is 18.0 Å². The average molecular weight is 366 g/mol. The Balaban J connectivity index is 1.54. The quantitative estimate of drug-likeness (QED) is 0.728. The van der Waals surface area contributed by atoms with Gasteiger partial charge in [-0.2, -0.15) is 5.10 Å². The summed E-state index contributed by atoms with van der Waals surface area (Å²) in [6, 6.07) is 8.35. The number of carbonyl (C=O) groups excluding carboxylic acids is 1. The van der Waals surface area contributed by atoms with Crippen molar-refractivity contribution in [3.63, 3.8) is 0 Å². The molecular formula is C20H22N4OS. The zero-order valence-corrected chi connectivity index (χ0v) is 16.1. The van der Waals surface area contributed by atoms with Crippen molar-refractivity contribution < 1.29 is 4.79 Å². The largest absolute Gasteiger partial charge is 0.322 e. The molecule has 0 unspecified atom stereocenters. The molecule has 4 rings (SSSR count). The number of fused-ring (bicyclic) bond motifs is 1. The molecule has 0 saturated heterocycles. The molecule has 26 heavy (non-hydrogen) atoms. The molecule has 0 radical (unpaired) electrons. The minimum atomic E-state index is -0.0644. The van der Waals surface area contributed by atoms with Crippen LogP contribution in [0.4, 0.5) is 10.5 Å². The van der Waals surface area contributed by atoms with E-state index in [9.17, 15) is 4.79 Å². The van der Waals surface area contributed by atoms with Crippen LogP contribution in [0.2, 0.25) is 0 Å². The zero-order valence-electron chi connectivity index (χ0n) is 15.2. The summed E-state index contributed by atoms with van der Waals surface area (Å²) in [4.78, 5) is 16.0. The Morgan fingerprint density at radius 3 is 2.92 bits per heavy atom. The molecule has 2 amide bonds. The lowest BCUT2D eigenvalue weighted by atomic mass is 10.1. The molecule has 1 aromatic carbocycles. The van der Waals surface area contributed by atoms with Gasteiger partial charge in [0.15, 0.2) is 0 Å². The van der Waals surface area contributed by atoms with Gasteiger partial charge in [-0.3, -0.25) is 0 Å². The second-order valence-electron chi connectivity index (χ2n) is 6.82. The summed E-state index contributed by atoms with van der Waals surface area (Å²) in [5.74, 6) is 0. The van der Waals surface area contributed by atoms with E-state index in [0.717, 1.165) is 35.6 Å². The number of anilines is 1. The van der Waals surface area contributed by atoms with Gasteiger partial charge in [-0.15, -0.1) is 11.3 Å². The maximum Gasteiger partial charge on any atom is 0.322 e. The van der Waals surface area contributed by atoms with E-state index in [1.165, 1.54) is 16.0 Å². The topological polar surface area (TPSA) is 50.2 Å². The van der Waals surface area contributed by atoms with Crippen LogP contribution in [0.5, 0.6) is 0 Å². The Kier molecular flexibility index (Phi) is 4.28. The molecule has 3 heterocycles. The van der Waals surface area contributed by atoms with Gasteiger partial charge < -0.3 is 10.2 Å². The Bertz CT molecular complexity index is 972. The van der Waals surface area contributed by atoms with Gasteiger partial charge in [-0.1, -0.05) is 12.1 Å². The van der Waals surface area contributed by atoms with E-state index in [2.05, 4.69) is 53.9 Å². The smallest absolute Gasteiger partial charge is 0.320 e. The molecule has 5 nitrogen and oxygen atoms in total. The van der Waals surface area contributed by atoms with E-state index < -0.39 is 0 Å². The van der Waals surface area contributed by atoms with E-state index in [0.29, 0.717) is 6.54 Å². The normalized spacial score (nSPS) is 13.6. The summed E-state index contributed by atoms with van der Waals surface area (Å²) in [5, 5.41) is 9.63. The molecule has 1 N–H and O–H groups in total. The van der Waals surface area contributed by atoms with Crippen LogP contribution in [0, 0.1) is 20.8 Å². The number of hydrogen-bond acceptors (Lipinski definition) is 3. The lowest BCUT2D eigenvalue weighted by molar-refractivity contribution is 0.207. The molecule has 0 spiro atoms. The van der Waals surface area contributed by atoms with Crippen LogP contribution >= 0.6 is 11.3 Å². The molecule has 0 fully saturated rings. The SMILES string of the molecule is Cc1ccc(C)c(-n2ncc(NC(=O)N3CCc4sccc4C3)c2C)c1. The summed E-state index contributed by atoms with van der Waals surface area (Å²) in [5.41, 5.74) is 6.34. The predicted molar refractivity (Wildman–Crippen MR) is 105 cm³/mol. The summed E-state index contributed by atoms with van der Waals surface area (Å²) in [7, 11) is 0. The van der Waals surface area contributed by atoms with Crippen molar-refractivity contribution in [2.75, 3.05) is 11.9 Å². The maximum atomic E-state index is 12.7. The number of urea groups is 1. The number of nitrogens with one attached hydrogen (secondary N) is 1. The molecule has 6 heteroatoms. The van der Waals surface area contributed by atoms with Crippen molar-refractivity contribution in [3.8, 4) is 5.69 Å². The van der Waals surface area contributed by atoms with Crippen LogP contribution in [0.25, 0.3) is 5.69 Å². The third-order valence-corrected chi connectivity index (χ3v) is 5.96. The molecule has 0 saturated carbocycles. The maximum absolute atomic E-state index is 12.7. The fraction of sp³-hybridized carbons (Fsp3) is 0.300. The van der Waals surface area contributed by atoms with E-state index in [1.807, 2.05) is 16.5 Å². The van der Waals surface area contributed by atoms with Crippen molar-refractivity contribution in [2.45, 2.75) is 33.7 Å². The highest BCUT2D eigenvalue weighted by Crippen LogP contribution is 2.26. The number of rotatable bonds is 2. The van der Waals surface area contributed by atoms with Crippen molar-refractivity contribution in [2.24, 2.45) is 0 Å². The number of nitrogens with zero attached hydrogens (tertiary/aromatic N) is 3. The van der Waals surface area contributed by atoms with Crippen molar-refractivity contribution in [1.29, 1.82) is 0 Å². The molecular weight excluding hydrogens is 344 g/mol. The summed E-state index contributed by atoms with van der Waals surface area (Å²) in [6.45, 7) is 7.55. The third-order valence-electron chi connectivity index (χ3n) is 4.94. The number of carbonyl (C=O) groups is 1. The number of aromatic nitrogens is 2. The first kappa shape index (κ1) is 16.8. The van der Waals surface area contributed by atoms with E-state index >= 15 is 0 Å². The van der Waals surface area contributed by atoms with Gasteiger partial charge in [0.1, 0.15) is 0 Å². The highest BCUT2D eigenvalue weighted by Gasteiger charge is 2.22. The highest BCUT2D eigenvalue weighted by atomic mass is 32.1. The van der Waals surface area contributed by atoms with Crippen molar-refractivity contribution in [3.05, 3.63) is 63.1 Å². The van der Waals surface area contributed by atoms with Crippen LogP contribution < -0.4 is 5.32 Å². The van der Waals surface area contributed by atoms with Crippen LogP contribution in [-0.4, -0.2) is 27.3 Å². The van der Waals surface area contributed by atoms with Gasteiger partial charge in [-0.25, -0.2) is 9.48 Å². The van der Waals surface area contributed by atoms with Gasteiger partial charge in [0.2, 0.25) is 0 Å². The molecule has 134 valence electrons. The third kappa shape index (κ3) is 3.01. The number of aryl methyl sites for hydroxylation is 2. The van der Waals surface area contributed by atoms with Gasteiger partial charge in [-0.05, 0) is 61.4 Å². The first-order valence-corrected chi connectivity index (χ1v) is 9.64. The molecule has 0 atom stereocenters.